The van der Waals surface area contributed by atoms with Gasteiger partial charge in [0.2, 0.25) is 11.8 Å². The van der Waals surface area contributed by atoms with Crippen molar-refractivity contribution in [2.75, 3.05) is 59.4 Å². The summed E-state index contributed by atoms with van der Waals surface area (Å²) in [6.45, 7) is 3.01. The lowest BCUT2D eigenvalue weighted by Gasteiger charge is -2.57. The molecule has 2 saturated carbocycles. The van der Waals surface area contributed by atoms with Gasteiger partial charge in [0.25, 0.3) is 0 Å². The highest BCUT2D eigenvalue weighted by Gasteiger charge is 2.57. The van der Waals surface area contributed by atoms with Crippen molar-refractivity contribution in [1.29, 1.82) is 0 Å². The molecule has 4 unspecified atom stereocenters. The summed E-state index contributed by atoms with van der Waals surface area (Å²) >= 11 is 0. The summed E-state index contributed by atoms with van der Waals surface area (Å²) in [5, 5.41) is 19.1. The lowest BCUT2D eigenvalue weighted by Crippen LogP contribution is -2.50. The van der Waals surface area contributed by atoms with Crippen LogP contribution in [0.5, 0.6) is 0 Å². The minimum Gasteiger partial charge on any atom is -0.391 e. The zero-order chi connectivity index (χ0) is 24.0. The largest absolute Gasteiger partial charge is 0.391 e. The van der Waals surface area contributed by atoms with Crippen molar-refractivity contribution in [3.05, 3.63) is 0 Å². The van der Waals surface area contributed by atoms with Crippen molar-refractivity contribution in [3.63, 3.8) is 0 Å². The normalized spacial score (nSPS) is 32.8. The molecular formula is C24H39NO9. The second-order valence-electron chi connectivity index (χ2n) is 9.92. The molecule has 2 saturated heterocycles. The van der Waals surface area contributed by atoms with Crippen LogP contribution in [-0.4, -0.2) is 105 Å². The van der Waals surface area contributed by atoms with Gasteiger partial charge in [0.15, 0.2) is 6.29 Å². The molecule has 5 atom stereocenters. The molecule has 1 spiro atoms. The summed E-state index contributed by atoms with van der Waals surface area (Å²) in [5.74, 6) is 0.249. The van der Waals surface area contributed by atoms with Gasteiger partial charge in [-0.15, -0.1) is 0 Å². The fourth-order valence-corrected chi connectivity index (χ4v) is 5.71. The summed E-state index contributed by atoms with van der Waals surface area (Å²) in [6, 6.07) is 0. The first kappa shape index (κ1) is 25.9. The van der Waals surface area contributed by atoms with Crippen molar-refractivity contribution >= 4 is 11.8 Å². The lowest BCUT2D eigenvalue weighted by atomic mass is 9.47. The van der Waals surface area contributed by atoms with Gasteiger partial charge in [-0.05, 0) is 37.0 Å². The van der Waals surface area contributed by atoms with Crippen LogP contribution < -0.4 is 0 Å². The molecule has 4 rings (SSSR count). The van der Waals surface area contributed by atoms with Gasteiger partial charge in [-0.1, -0.05) is 6.42 Å². The van der Waals surface area contributed by atoms with E-state index in [9.17, 15) is 19.8 Å². The van der Waals surface area contributed by atoms with Crippen LogP contribution in [0.3, 0.4) is 0 Å². The molecule has 194 valence electrons. The van der Waals surface area contributed by atoms with E-state index in [1.54, 1.807) is 0 Å². The quantitative estimate of drug-likeness (QED) is 0.267. The van der Waals surface area contributed by atoms with E-state index in [2.05, 4.69) is 0 Å². The van der Waals surface area contributed by atoms with Crippen LogP contribution in [0.1, 0.15) is 44.9 Å². The highest BCUT2D eigenvalue weighted by atomic mass is 16.7. The highest BCUT2D eigenvalue weighted by Crippen LogP contribution is 2.63. The van der Waals surface area contributed by atoms with E-state index < -0.39 is 18.5 Å². The molecular weight excluding hydrogens is 446 g/mol. The predicted molar refractivity (Wildman–Crippen MR) is 119 cm³/mol. The van der Waals surface area contributed by atoms with Crippen molar-refractivity contribution in [1.82, 2.24) is 4.90 Å². The molecule has 2 aliphatic heterocycles. The molecule has 2 N–H and O–H groups in total. The van der Waals surface area contributed by atoms with Crippen LogP contribution in [0.2, 0.25) is 0 Å². The number of likely N-dealkylation sites (tertiary alicyclic amines) is 1. The molecule has 0 aromatic heterocycles. The summed E-state index contributed by atoms with van der Waals surface area (Å²) in [5.41, 5.74) is 0.373. The molecule has 0 radical (unpaired) electrons. The number of carbonyl (C=O) groups is 2. The average molecular weight is 486 g/mol. The Hall–Kier alpha value is -1.14. The van der Waals surface area contributed by atoms with Crippen molar-refractivity contribution in [2.24, 2.45) is 17.3 Å². The number of ether oxygens (including phenoxy) is 5. The van der Waals surface area contributed by atoms with Gasteiger partial charge in [-0.3, -0.25) is 14.5 Å². The first-order valence-electron chi connectivity index (χ1n) is 12.7. The van der Waals surface area contributed by atoms with Gasteiger partial charge in [-0.25, -0.2) is 0 Å². The molecule has 2 amide bonds. The maximum Gasteiger partial charge on any atom is 0.233 e. The van der Waals surface area contributed by atoms with E-state index in [1.807, 2.05) is 0 Å². The van der Waals surface area contributed by atoms with Crippen LogP contribution >= 0.6 is 0 Å². The lowest BCUT2D eigenvalue weighted by molar-refractivity contribution is -0.238. The number of aliphatic hydroxyl groups is 2. The number of aliphatic hydroxyl groups excluding tert-OH is 2. The third kappa shape index (κ3) is 6.16. The molecule has 2 aliphatic carbocycles. The maximum atomic E-state index is 12.8. The smallest absolute Gasteiger partial charge is 0.233 e. The fourth-order valence-electron chi connectivity index (χ4n) is 5.71. The maximum absolute atomic E-state index is 12.8. The molecule has 2 heterocycles. The Bertz CT molecular complexity index is 680. The van der Waals surface area contributed by atoms with Crippen LogP contribution in [0.15, 0.2) is 0 Å². The van der Waals surface area contributed by atoms with E-state index in [-0.39, 0.29) is 37.4 Å². The highest BCUT2D eigenvalue weighted by molar-refractivity contribution is 6.03. The van der Waals surface area contributed by atoms with Gasteiger partial charge >= 0.3 is 0 Å². The van der Waals surface area contributed by atoms with E-state index in [0.717, 1.165) is 6.42 Å². The minimum atomic E-state index is -0.836. The Kier molecular flexibility index (Phi) is 9.31. The monoisotopic (exact) mass is 485 g/mol. The number of imide groups is 1. The predicted octanol–water partition coefficient (Wildman–Crippen LogP) is 0.476. The number of hydrogen-bond donors (Lipinski definition) is 2. The van der Waals surface area contributed by atoms with Crippen molar-refractivity contribution in [3.8, 4) is 0 Å². The summed E-state index contributed by atoms with van der Waals surface area (Å²) in [6.07, 6.45) is 4.43. The molecule has 0 aromatic carbocycles. The molecule has 34 heavy (non-hydrogen) atoms. The SMILES string of the molecule is O=C1CC(C2CCC23CCC3)C(=O)N1CCOCCOCCOCCOC1OCC(O)C[C@@H]1O. The molecule has 0 bridgehead atoms. The topological polar surface area (TPSA) is 124 Å². The first-order valence-corrected chi connectivity index (χ1v) is 12.7. The molecule has 10 heteroatoms. The standard InChI is InChI=1S/C24H39NO9/c26-17-14-20(27)23(34-16-17)33-13-12-32-11-10-31-9-8-30-7-6-25-21(28)15-18(22(25)29)19-2-5-24(19)3-1-4-24/h17-20,23,26-27H,1-16H2/t17?,18?,19?,20-,23?/m0/s1. The van der Waals surface area contributed by atoms with Crippen LogP contribution in [0.25, 0.3) is 0 Å². The Morgan fingerprint density at radius 3 is 2.21 bits per heavy atom. The third-order valence-electron chi connectivity index (χ3n) is 7.85. The second kappa shape index (κ2) is 12.2. The number of amides is 2. The molecule has 4 aliphatic rings. The third-order valence-corrected chi connectivity index (χ3v) is 7.85. The zero-order valence-electron chi connectivity index (χ0n) is 19.9. The van der Waals surface area contributed by atoms with Crippen LogP contribution in [-0.2, 0) is 33.3 Å². The second-order valence-corrected chi connectivity index (χ2v) is 9.92. The Balaban J connectivity index is 0.965. The zero-order valence-corrected chi connectivity index (χ0v) is 19.9. The van der Waals surface area contributed by atoms with Gasteiger partial charge in [0.1, 0.15) is 6.10 Å². The summed E-state index contributed by atoms with van der Waals surface area (Å²) in [4.78, 5) is 26.5. The number of rotatable bonds is 14. The van der Waals surface area contributed by atoms with Crippen molar-refractivity contribution in [2.45, 2.75) is 63.4 Å². The van der Waals surface area contributed by atoms with E-state index in [1.165, 1.54) is 30.6 Å². The molecule has 4 fully saturated rings. The van der Waals surface area contributed by atoms with Crippen molar-refractivity contribution < 1.29 is 43.5 Å². The number of carbonyl (C=O) groups excluding carboxylic acids is 2. The Morgan fingerprint density at radius 2 is 1.62 bits per heavy atom. The fraction of sp³-hybridized carbons (Fsp3) is 0.917. The molecule has 10 nitrogen and oxygen atoms in total. The minimum absolute atomic E-state index is 0.00380. The number of nitrogens with zero attached hydrogens (tertiary/aromatic N) is 1. The Morgan fingerprint density at radius 1 is 0.941 bits per heavy atom. The van der Waals surface area contributed by atoms with E-state index >= 15 is 0 Å². The first-order chi connectivity index (χ1) is 16.5. The van der Waals surface area contributed by atoms with Gasteiger partial charge in [0.05, 0.1) is 71.4 Å². The van der Waals surface area contributed by atoms with Gasteiger partial charge in [0, 0.05) is 12.8 Å². The summed E-state index contributed by atoms with van der Waals surface area (Å²) in [7, 11) is 0. The van der Waals surface area contributed by atoms with E-state index in [0.29, 0.717) is 63.9 Å². The van der Waals surface area contributed by atoms with E-state index in [4.69, 9.17) is 23.7 Å². The van der Waals surface area contributed by atoms with Crippen LogP contribution in [0, 0.1) is 17.3 Å². The van der Waals surface area contributed by atoms with Gasteiger partial charge < -0.3 is 33.9 Å². The van der Waals surface area contributed by atoms with Crippen LogP contribution in [0.4, 0.5) is 0 Å². The Labute approximate surface area is 200 Å². The molecule has 0 aromatic rings. The number of hydrogen-bond acceptors (Lipinski definition) is 9. The average Bonchev–Trinajstić information content (AvgIpc) is 3.01. The van der Waals surface area contributed by atoms with Gasteiger partial charge in [-0.2, -0.15) is 0 Å². The summed E-state index contributed by atoms with van der Waals surface area (Å²) < 4.78 is 27.0.